The van der Waals surface area contributed by atoms with Crippen LogP contribution in [0.15, 0.2) is 35.3 Å². The SMILES string of the molecule is COc1ccc(-c2ccn(CCC(C)(C(=O)NO)S(C)(=O)=O)c(=O)c2)c(F)c1F. The number of halogens is 2. The topological polar surface area (TPSA) is 115 Å². The molecule has 0 aliphatic heterocycles. The predicted molar refractivity (Wildman–Crippen MR) is 100 cm³/mol. The highest BCUT2D eigenvalue weighted by Gasteiger charge is 2.43. The molecule has 1 aromatic carbocycles. The first-order chi connectivity index (χ1) is 13.5. The minimum absolute atomic E-state index is 0.115. The Bertz CT molecular complexity index is 1100. The highest BCUT2D eigenvalue weighted by molar-refractivity contribution is 7.92. The Morgan fingerprint density at radius 2 is 1.93 bits per heavy atom. The van der Waals surface area contributed by atoms with E-state index in [2.05, 4.69) is 0 Å². The van der Waals surface area contributed by atoms with Crippen LogP contribution >= 0.6 is 0 Å². The van der Waals surface area contributed by atoms with Crippen molar-refractivity contribution in [2.75, 3.05) is 13.4 Å². The lowest BCUT2D eigenvalue weighted by Gasteiger charge is -2.25. The normalized spacial score (nSPS) is 13.6. The van der Waals surface area contributed by atoms with Gasteiger partial charge in [-0.25, -0.2) is 18.3 Å². The van der Waals surface area contributed by atoms with Gasteiger partial charge < -0.3 is 9.30 Å². The molecule has 0 saturated carbocycles. The lowest BCUT2D eigenvalue weighted by Crippen LogP contribution is -2.49. The van der Waals surface area contributed by atoms with Gasteiger partial charge in [0.1, 0.15) is 0 Å². The summed E-state index contributed by atoms with van der Waals surface area (Å²) in [5.41, 5.74) is 0.679. The molecule has 29 heavy (non-hydrogen) atoms. The molecule has 1 atom stereocenters. The van der Waals surface area contributed by atoms with Gasteiger partial charge >= 0.3 is 0 Å². The van der Waals surface area contributed by atoms with Gasteiger partial charge in [0.15, 0.2) is 26.2 Å². The summed E-state index contributed by atoms with van der Waals surface area (Å²) in [5, 5.41) is 8.83. The number of nitrogens with zero attached hydrogens (tertiary/aromatic N) is 1. The zero-order chi connectivity index (χ0) is 22.0. The molecule has 1 aromatic heterocycles. The second kappa shape index (κ2) is 8.29. The third kappa shape index (κ3) is 4.30. The first-order valence-corrected chi connectivity index (χ1v) is 10.2. The van der Waals surface area contributed by atoms with E-state index in [1.54, 1.807) is 0 Å². The average molecular weight is 430 g/mol. The fourth-order valence-electron chi connectivity index (χ4n) is 2.69. The summed E-state index contributed by atoms with van der Waals surface area (Å²) in [6.45, 7) is 0.957. The number of aryl methyl sites for hydroxylation is 1. The number of carbonyl (C=O) groups is 1. The summed E-state index contributed by atoms with van der Waals surface area (Å²) < 4.78 is 55.9. The van der Waals surface area contributed by atoms with Gasteiger partial charge in [0.05, 0.1) is 7.11 Å². The third-order valence-corrected chi connectivity index (χ3v) is 6.83. The number of hydrogen-bond acceptors (Lipinski definition) is 6. The first-order valence-electron chi connectivity index (χ1n) is 8.33. The molecular weight excluding hydrogens is 410 g/mol. The Morgan fingerprint density at radius 3 is 2.45 bits per heavy atom. The Morgan fingerprint density at radius 1 is 1.28 bits per heavy atom. The molecule has 0 bridgehead atoms. The third-order valence-electron chi connectivity index (χ3n) is 4.80. The molecule has 2 rings (SSSR count). The van der Waals surface area contributed by atoms with Gasteiger partial charge in [0.2, 0.25) is 5.82 Å². The smallest absolute Gasteiger partial charge is 0.264 e. The molecule has 11 heteroatoms. The number of hydroxylamine groups is 1. The van der Waals surface area contributed by atoms with E-state index >= 15 is 0 Å². The van der Waals surface area contributed by atoms with E-state index in [4.69, 9.17) is 9.94 Å². The Labute approximate surface area is 165 Å². The molecule has 0 aliphatic carbocycles. The zero-order valence-electron chi connectivity index (χ0n) is 15.9. The molecule has 0 fully saturated rings. The zero-order valence-corrected chi connectivity index (χ0v) is 16.7. The van der Waals surface area contributed by atoms with E-state index in [1.165, 1.54) is 37.0 Å². The standard InChI is InChI=1S/C18H20F2N2O6S/c1-18(17(24)21-25,29(3,26)27)7-9-22-8-6-11(10-14(22)23)12-4-5-13(28-2)16(20)15(12)19/h4-6,8,10,25H,7,9H2,1-3H3,(H,21,24). The molecule has 8 nitrogen and oxygen atoms in total. The minimum Gasteiger partial charge on any atom is -0.494 e. The second-order valence-corrected chi connectivity index (χ2v) is 9.03. The molecule has 1 heterocycles. The van der Waals surface area contributed by atoms with Crippen molar-refractivity contribution in [3.8, 4) is 16.9 Å². The van der Waals surface area contributed by atoms with Gasteiger partial charge in [0.25, 0.3) is 11.5 Å². The summed E-state index contributed by atoms with van der Waals surface area (Å²) in [5.74, 6) is -3.76. The van der Waals surface area contributed by atoms with Gasteiger partial charge in [-0.05, 0) is 37.1 Å². The fourth-order valence-corrected chi connectivity index (χ4v) is 3.54. The van der Waals surface area contributed by atoms with Crippen molar-refractivity contribution in [2.45, 2.75) is 24.6 Å². The van der Waals surface area contributed by atoms with E-state index in [9.17, 15) is 26.8 Å². The largest absolute Gasteiger partial charge is 0.494 e. The summed E-state index contributed by atoms with van der Waals surface area (Å²) in [4.78, 5) is 24.2. The van der Waals surface area contributed by atoms with Gasteiger partial charge in [0, 0.05) is 30.6 Å². The van der Waals surface area contributed by atoms with Crippen molar-refractivity contribution in [2.24, 2.45) is 0 Å². The molecule has 158 valence electrons. The number of rotatable bonds is 7. The number of sulfone groups is 1. The van der Waals surface area contributed by atoms with Crippen molar-refractivity contribution >= 4 is 15.7 Å². The van der Waals surface area contributed by atoms with Crippen LogP contribution in [0.3, 0.4) is 0 Å². The maximum atomic E-state index is 14.2. The highest BCUT2D eigenvalue weighted by atomic mass is 32.2. The van der Waals surface area contributed by atoms with E-state index in [1.807, 2.05) is 0 Å². The van der Waals surface area contributed by atoms with Crippen molar-refractivity contribution in [1.29, 1.82) is 0 Å². The lowest BCUT2D eigenvalue weighted by atomic mass is 10.0. The molecule has 2 aromatic rings. The molecule has 0 aliphatic rings. The number of ether oxygens (including phenoxy) is 1. The number of carbonyl (C=O) groups excluding carboxylic acids is 1. The molecular formula is C18H20F2N2O6S. The lowest BCUT2D eigenvalue weighted by molar-refractivity contribution is -0.131. The van der Waals surface area contributed by atoms with Crippen LogP contribution in [0.4, 0.5) is 8.78 Å². The van der Waals surface area contributed by atoms with Crippen molar-refractivity contribution in [3.05, 3.63) is 52.5 Å². The quantitative estimate of drug-likeness (QED) is 0.508. The van der Waals surface area contributed by atoms with Gasteiger partial charge in [-0.2, -0.15) is 4.39 Å². The van der Waals surface area contributed by atoms with Crippen LogP contribution < -0.4 is 15.8 Å². The number of nitrogens with one attached hydrogen (secondary N) is 1. The summed E-state index contributed by atoms with van der Waals surface area (Å²) >= 11 is 0. The number of benzene rings is 1. The monoisotopic (exact) mass is 430 g/mol. The number of aromatic nitrogens is 1. The van der Waals surface area contributed by atoms with Crippen molar-refractivity contribution in [3.63, 3.8) is 0 Å². The van der Waals surface area contributed by atoms with Gasteiger partial charge in [-0.15, -0.1) is 0 Å². The Balaban J connectivity index is 2.35. The molecule has 0 saturated heterocycles. The number of hydrogen-bond donors (Lipinski definition) is 2. The van der Waals surface area contributed by atoms with Crippen molar-refractivity contribution in [1.82, 2.24) is 10.0 Å². The van der Waals surface area contributed by atoms with Gasteiger partial charge in [-0.1, -0.05) is 0 Å². The number of pyridine rings is 1. The van der Waals surface area contributed by atoms with Crippen LogP contribution in [0, 0.1) is 11.6 Å². The van der Waals surface area contributed by atoms with Crippen LogP contribution in [0.2, 0.25) is 0 Å². The highest BCUT2D eigenvalue weighted by Crippen LogP contribution is 2.29. The van der Waals surface area contributed by atoms with E-state index < -0.39 is 37.7 Å². The van der Waals surface area contributed by atoms with Crippen LogP contribution in [0.25, 0.3) is 11.1 Å². The maximum absolute atomic E-state index is 14.2. The fraction of sp³-hybridized carbons (Fsp3) is 0.333. The van der Waals surface area contributed by atoms with E-state index in [-0.39, 0.29) is 29.8 Å². The van der Waals surface area contributed by atoms with E-state index in [0.29, 0.717) is 0 Å². The van der Waals surface area contributed by atoms with Crippen LogP contribution in [0.1, 0.15) is 13.3 Å². The summed E-state index contributed by atoms with van der Waals surface area (Å²) in [6, 6.07) is 4.91. The molecule has 1 amide bonds. The number of amides is 1. The van der Waals surface area contributed by atoms with Crippen LogP contribution in [-0.4, -0.2) is 42.2 Å². The van der Waals surface area contributed by atoms with Crippen LogP contribution in [-0.2, 0) is 21.2 Å². The second-order valence-electron chi connectivity index (χ2n) is 6.58. The minimum atomic E-state index is -3.92. The molecule has 1 unspecified atom stereocenters. The molecule has 0 spiro atoms. The predicted octanol–water partition coefficient (Wildman–Crippen LogP) is 1.50. The maximum Gasteiger partial charge on any atom is 0.264 e. The van der Waals surface area contributed by atoms with E-state index in [0.717, 1.165) is 23.8 Å². The molecule has 0 radical (unpaired) electrons. The summed E-state index contributed by atoms with van der Waals surface area (Å²) in [7, 11) is -2.72. The average Bonchev–Trinajstić information content (AvgIpc) is 2.67. The summed E-state index contributed by atoms with van der Waals surface area (Å²) in [6.07, 6.45) is 1.82. The van der Waals surface area contributed by atoms with Crippen LogP contribution in [0.5, 0.6) is 5.75 Å². The number of methoxy groups -OCH3 is 1. The molecule has 2 N–H and O–H groups in total. The Hall–Kier alpha value is -2.79. The Kier molecular flexibility index (Phi) is 6.43. The first kappa shape index (κ1) is 22.5. The van der Waals surface area contributed by atoms with Gasteiger partial charge in [-0.3, -0.25) is 14.8 Å². The van der Waals surface area contributed by atoms with Crippen molar-refractivity contribution < 1.29 is 31.9 Å².